The van der Waals surface area contributed by atoms with E-state index in [1.807, 2.05) is 19.1 Å². The van der Waals surface area contributed by atoms with Gasteiger partial charge < -0.3 is 27.2 Å². The normalized spacial score (nSPS) is 10.1. The molecule has 0 fully saturated rings. The number of benzene rings is 2. The molecule has 0 spiro atoms. The SMILES string of the molecule is CCOC(=O)c1ccc2nc(C)cc(Nc3cccc(C(=O)OC)c3)c2c1.[Cl-]. The van der Waals surface area contributed by atoms with Crippen molar-refractivity contribution >= 4 is 34.2 Å². The molecule has 0 radical (unpaired) electrons. The summed E-state index contributed by atoms with van der Waals surface area (Å²) < 4.78 is 9.85. The van der Waals surface area contributed by atoms with Crippen molar-refractivity contribution < 1.29 is 31.5 Å². The van der Waals surface area contributed by atoms with Crippen molar-refractivity contribution in [1.29, 1.82) is 0 Å². The molecule has 0 unspecified atom stereocenters. The van der Waals surface area contributed by atoms with Crippen LogP contribution in [0, 0.1) is 6.92 Å². The zero-order valence-corrected chi connectivity index (χ0v) is 16.5. The summed E-state index contributed by atoms with van der Waals surface area (Å²) >= 11 is 0. The van der Waals surface area contributed by atoms with Crippen molar-refractivity contribution in [2.45, 2.75) is 13.8 Å². The van der Waals surface area contributed by atoms with Crippen molar-refractivity contribution in [1.82, 2.24) is 4.98 Å². The van der Waals surface area contributed by atoms with Crippen LogP contribution in [-0.2, 0) is 9.47 Å². The minimum Gasteiger partial charge on any atom is -1.00 e. The molecule has 2 aromatic carbocycles. The van der Waals surface area contributed by atoms with Crippen LogP contribution in [0.1, 0.15) is 33.3 Å². The maximum atomic E-state index is 12.1. The summed E-state index contributed by atoms with van der Waals surface area (Å²) in [4.78, 5) is 28.3. The highest BCUT2D eigenvalue weighted by Gasteiger charge is 2.12. The summed E-state index contributed by atoms with van der Waals surface area (Å²) in [5, 5.41) is 4.09. The zero-order valence-electron chi connectivity index (χ0n) is 15.8. The second-order valence-electron chi connectivity index (χ2n) is 5.96. The van der Waals surface area contributed by atoms with Gasteiger partial charge in [-0.05, 0) is 56.3 Å². The van der Waals surface area contributed by atoms with Gasteiger partial charge in [0.05, 0.1) is 30.4 Å². The second kappa shape index (κ2) is 9.19. The number of halogens is 1. The summed E-state index contributed by atoms with van der Waals surface area (Å²) in [6, 6.07) is 14.2. The van der Waals surface area contributed by atoms with Gasteiger partial charge >= 0.3 is 11.9 Å². The number of fused-ring (bicyclic) bond motifs is 1. The Kier molecular flexibility index (Phi) is 6.95. The number of carbonyl (C=O) groups excluding carboxylic acids is 2. The molecule has 1 heterocycles. The summed E-state index contributed by atoms with van der Waals surface area (Å²) in [6.45, 7) is 3.98. The van der Waals surface area contributed by atoms with Crippen LogP contribution in [0.5, 0.6) is 0 Å². The zero-order chi connectivity index (χ0) is 19.4. The van der Waals surface area contributed by atoms with E-state index in [0.717, 1.165) is 28.0 Å². The van der Waals surface area contributed by atoms with Crippen LogP contribution in [0.15, 0.2) is 48.5 Å². The van der Waals surface area contributed by atoms with E-state index < -0.39 is 5.97 Å². The number of rotatable bonds is 5. The van der Waals surface area contributed by atoms with E-state index in [0.29, 0.717) is 17.7 Å². The predicted octanol–water partition coefficient (Wildman–Crippen LogP) is 1.25. The van der Waals surface area contributed by atoms with Crippen LogP contribution in [0.4, 0.5) is 11.4 Å². The molecule has 28 heavy (non-hydrogen) atoms. The first-order chi connectivity index (χ1) is 13.0. The number of hydrogen-bond donors (Lipinski definition) is 1. The summed E-state index contributed by atoms with van der Waals surface area (Å²) in [5.74, 6) is -0.780. The summed E-state index contributed by atoms with van der Waals surface area (Å²) in [6.07, 6.45) is 0. The molecule has 0 atom stereocenters. The largest absolute Gasteiger partial charge is 1.00 e. The first-order valence-corrected chi connectivity index (χ1v) is 8.55. The van der Waals surface area contributed by atoms with Crippen LogP contribution in [0.3, 0.4) is 0 Å². The fourth-order valence-electron chi connectivity index (χ4n) is 2.80. The number of pyridine rings is 1. The van der Waals surface area contributed by atoms with Crippen molar-refractivity contribution in [2.75, 3.05) is 19.0 Å². The molecule has 3 rings (SSSR count). The van der Waals surface area contributed by atoms with Gasteiger partial charge in [-0.15, -0.1) is 0 Å². The van der Waals surface area contributed by atoms with E-state index in [1.54, 1.807) is 43.3 Å². The molecule has 1 aromatic heterocycles. The first-order valence-electron chi connectivity index (χ1n) is 8.55. The fourth-order valence-corrected chi connectivity index (χ4v) is 2.80. The quantitative estimate of drug-likeness (QED) is 0.651. The maximum Gasteiger partial charge on any atom is 0.338 e. The van der Waals surface area contributed by atoms with E-state index in [2.05, 4.69) is 10.3 Å². The molecule has 0 saturated heterocycles. The lowest BCUT2D eigenvalue weighted by atomic mass is 10.1. The average Bonchev–Trinajstić information content (AvgIpc) is 2.67. The summed E-state index contributed by atoms with van der Waals surface area (Å²) in [5.41, 5.74) is 4.01. The van der Waals surface area contributed by atoms with Crippen molar-refractivity contribution in [3.63, 3.8) is 0 Å². The molecule has 0 bridgehead atoms. The second-order valence-corrected chi connectivity index (χ2v) is 5.96. The molecule has 7 heteroatoms. The van der Waals surface area contributed by atoms with Crippen LogP contribution >= 0.6 is 0 Å². The standard InChI is InChI=1S/C21H20N2O4.ClH/c1-4-27-21(25)15-8-9-18-17(12-15)19(10-13(2)22-18)23-16-7-5-6-14(11-16)20(24)26-3;/h5-12H,4H2,1-3H3,(H,22,23);1H/p-1. The minimum absolute atomic E-state index is 0. The van der Waals surface area contributed by atoms with E-state index in [1.165, 1.54) is 7.11 Å². The molecule has 146 valence electrons. The molecular formula is C21H20ClN2O4-. The number of ether oxygens (including phenoxy) is 2. The number of aromatic nitrogens is 1. The smallest absolute Gasteiger partial charge is 0.338 e. The van der Waals surface area contributed by atoms with Crippen LogP contribution < -0.4 is 17.7 Å². The highest BCUT2D eigenvalue weighted by molar-refractivity contribution is 6.00. The fraction of sp³-hybridized carbons (Fsp3) is 0.190. The molecule has 0 amide bonds. The molecule has 0 aliphatic heterocycles. The Balaban J connectivity index is 0.00000280. The number of carbonyl (C=O) groups is 2. The highest BCUT2D eigenvalue weighted by atomic mass is 35.5. The molecule has 0 aliphatic carbocycles. The molecule has 6 nitrogen and oxygen atoms in total. The van der Waals surface area contributed by atoms with Crippen molar-refractivity contribution in [3.05, 3.63) is 65.4 Å². The Morgan fingerprint density at radius 1 is 1.04 bits per heavy atom. The van der Waals surface area contributed by atoms with E-state index in [4.69, 9.17) is 9.47 Å². The molecule has 3 aromatic rings. The van der Waals surface area contributed by atoms with Gasteiger partial charge in [0.2, 0.25) is 0 Å². The lowest BCUT2D eigenvalue weighted by Crippen LogP contribution is -3.00. The third-order valence-electron chi connectivity index (χ3n) is 4.01. The Labute approximate surface area is 169 Å². The average molecular weight is 400 g/mol. The van der Waals surface area contributed by atoms with Gasteiger partial charge in [0.1, 0.15) is 0 Å². The van der Waals surface area contributed by atoms with Crippen LogP contribution in [-0.4, -0.2) is 30.6 Å². The van der Waals surface area contributed by atoms with E-state index in [9.17, 15) is 9.59 Å². The highest BCUT2D eigenvalue weighted by Crippen LogP contribution is 2.28. The lowest BCUT2D eigenvalue weighted by Gasteiger charge is -2.12. The minimum atomic E-state index is -0.404. The summed E-state index contributed by atoms with van der Waals surface area (Å²) in [7, 11) is 1.35. The van der Waals surface area contributed by atoms with Crippen molar-refractivity contribution in [3.8, 4) is 0 Å². The van der Waals surface area contributed by atoms with Gasteiger partial charge in [0.25, 0.3) is 0 Å². The van der Waals surface area contributed by atoms with Gasteiger partial charge in [-0.2, -0.15) is 0 Å². The Morgan fingerprint density at radius 3 is 2.50 bits per heavy atom. The van der Waals surface area contributed by atoms with Crippen molar-refractivity contribution in [2.24, 2.45) is 0 Å². The predicted molar refractivity (Wildman–Crippen MR) is 104 cm³/mol. The van der Waals surface area contributed by atoms with Gasteiger partial charge in [-0.25, -0.2) is 9.59 Å². The number of aryl methyl sites for hydroxylation is 1. The number of anilines is 2. The topological polar surface area (TPSA) is 77.5 Å². The number of hydrogen-bond acceptors (Lipinski definition) is 6. The Bertz CT molecular complexity index is 1020. The van der Waals surface area contributed by atoms with Gasteiger partial charge in [-0.3, -0.25) is 4.98 Å². The number of esters is 2. The van der Waals surface area contributed by atoms with Gasteiger partial charge in [0.15, 0.2) is 0 Å². The molecule has 0 saturated carbocycles. The molecule has 1 N–H and O–H groups in total. The van der Waals surface area contributed by atoms with Gasteiger partial charge in [-0.1, -0.05) is 6.07 Å². The van der Waals surface area contributed by atoms with E-state index in [-0.39, 0.29) is 18.4 Å². The molecule has 0 aliphatic rings. The Morgan fingerprint density at radius 2 is 1.79 bits per heavy atom. The Hall–Kier alpha value is -3.12. The number of nitrogens with one attached hydrogen (secondary N) is 1. The molecular weight excluding hydrogens is 380 g/mol. The third-order valence-corrected chi connectivity index (χ3v) is 4.01. The van der Waals surface area contributed by atoms with E-state index >= 15 is 0 Å². The first kappa shape index (κ1) is 21.2. The third kappa shape index (κ3) is 4.58. The lowest BCUT2D eigenvalue weighted by molar-refractivity contribution is -0.0000375. The van der Waals surface area contributed by atoms with Crippen LogP contribution in [0.25, 0.3) is 10.9 Å². The maximum absolute atomic E-state index is 12.1. The monoisotopic (exact) mass is 399 g/mol. The number of methoxy groups -OCH3 is 1. The number of nitrogens with zero attached hydrogens (tertiary/aromatic N) is 1. The van der Waals surface area contributed by atoms with Crippen LogP contribution in [0.2, 0.25) is 0 Å². The van der Waals surface area contributed by atoms with Gasteiger partial charge in [0, 0.05) is 22.5 Å².